The van der Waals surface area contributed by atoms with E-state index in [4.69, 9.17) is 11.6 Å². The molecule has 9 nitrogen and oxygen atoms in total. The van der Waals surface area contributed by atoms with Crippen molar-refractivity contribution in [2.45, 2.75) is 50.4 Å². The van der Waals surface area contributed by atoms with E-state index in [1.54, 1.807) is 42.5 Å². The van der Waals surface area contributed by atoms with Crippen molar-refractivity contribution in [3.05, 3.63) is 85.1 Å². The van der Waals surface area contributed by atoms with Crippen molar-refractivity contribution in [2.75, 3.05) is 15.4 Å². The van der Waals surface area contributed by atoms with Gasteiger partial charge in [0.1, 0.15) is 11.4 Å². The van der Waals surface area contributed by atoms with Gasteiger partial charge in [-0.3, -0.25) is 14.3 Å². The Hall–Kier alpha value is -3.37. The monoisotopic (exact) mass is 530 g/mol. The molecule has 1 aliphatic rings. The van der Waals surface area contributed by atoms with Gasteiger partial charge in [-0.15, -0.1) is 0 Å². The number of aryl methyl sites for hydroxylation is 1. The Labute approximate surface area is 214 Å². The second kappa shape index (κ2) is 10.7. The molecule has 0 unspecified atom stereocenters. The van der Waals surface area contributed by atoms with Gasteiger partial charge in [0, 0.05) is 22.8 Å². The van der Waals surface area contributed by atoms with E-state index in [-0.39, 0.29) is 35.2 Å². The molecule has 190 valence electrons. The molecule has 0 saturated heterocycles. The van der Waals surface area contributed by atoms with E-state index in [0.29, 0.717) is 42.0 Å². The number of hydrogen-bond acceptors (Lipinski definition) is 6. The van der Waals surface area contributed by atoms with Crippen LogP contribution in [0.15, 0.2) is 58.1 Å². The molecule has 36 heavy (non-hydrogen) atoms. The summed E-state index contributed by atoms with van der Waals surface area (Å²) in [7, 11) is -3.86. The number of amides is 2. The van der Waals surface area contributed by atoms with Gasteiger partial charge in [-0.25, -0.2) is 13.2 Å². The van der Waals surface area contributed by atoms with Gasteiger partial charge in [-0.1, -0.05) is 48.0 Å². The van der Waals surface area contributed by atoms with E-state index < -0.39 is 20.9 Å². The van der Waals surface area contributed by atoms with Crippen LogP contribution in [0.1, 0.15) is 36.8 Å². The third-order valence-electron chi connectivity index (χ3n) is 6.21. The molecule has 0 bridgehead atoms. The molecule has 0 heterocycles. The SMILES string of the molecule is Cc1ccc(NC(=O)NC2CCC(Nc3c(NS(=O)(=O)Cc4ccccc4)c(=O)c3=O)CC2)cc1Cl. The summed E-state index contributed by atoms with van der Waals surface area (Å²) in [6.07, 6.45) is 2.58. The van der Waals surface area contributed by atoms with Gasteiger partial charge in [-0.2, -0.15) is 0 Å². The minimum absolute atomic E-state index is 0.00189. The van der Waals surface area contributed by atoms with Crippen LogP contribution < -0.4 is 31.5 Å². The first-order valence-electron chi connectivity index (χ1n) is 11.6. The number of halogens is 1. The van der Waals surface area contributed by atoms with Crippen molar-refractivity contribution in [1.29, 1.82) is 0 Å². The van der Waals surface area contributed by atoms with Crippen LogP contribution in [0.4, 0.5) is 21.9 Å². The van der Waals surface area contributed by atoms with Crippen LogP contribution >= 0.6 is 11.6 Å². The molecular formula is C25H27ClN4O5S. The van der Waals surface area contributed by atoms with Gasteiger partial charge in [0.15, 0.2) is 0 Å². The maximum absolute atomic E-state index is 12.5. The van der Waals surface area contributed by atoms with E-state index in [9.17, 15) is 22.8 Å². The van der Waals surface area contributed by atoms with Crippen LogP contribution in [0, 0.1) is 6.92 Å². The predicted octanol–water partition coefficient (Wildman–Crippen LogP) is 3.73. The van der Waals surface area contributed by atoms with Gasteiger partial charge >= 0.3 is 6.03 Å². The van der Waals surface area contributed by atoms with Crippen molar-refractivity contribution >= 4 is 44.7 Å². The molecular weight excluding hydrogens is 504 g/mol. The minimum Gasteiger partial charge on any atom is -0.377 e. The second-order valence-electron chi connectivity index (χ2n) is 9.01. The van der Waals surface area contributed by atoms with Gasteiger partial charge in [0.25, 0.3) is 10.9 Å². The summed E-state index contributed by atoms with van der Waals surface area (Å²) in [5.74, 6) is -0.306. The molecule has 1 aliphatic carbocycles. The summed E-state index contributed by atoms with van der Waals surface area (Å²) in [4.78, 5) is 36.6. The summed E-state index contributed by atoms with van der Waals surface area (Å²) in [6.45, 7) is 1.88. The quantitative estimate of drug-likeness (QED) is 0.328. The number of sulfonamides is 1. The number of rotatable bonds is 8. The summed E-state index contributed by atoms with van der Waals surface area (Å²) in [5, 5.41) is 9.31. The molecule has 4 rings (SSSR count). The molecule has 0 radical (unpaired) electrons. The van der Waals surface area contributed by atoms with E-state index >= 15 is 0 Å². The van der Waals surface area contributed by atoms with E-state index in [2.05, 4.69) is 20.7 Å². The third kappa shape index (κ3) is 6.24. The molecule has 4 N–H and O–H groups in total. The Bertz CT molecular complexity index is 1430. The molecule has 0 aliphatic heterocycles. The van der Waals surface area contributed by atoms with Crippen molar-refractivity contribution in [2.24, 2.45) is 0 Å². The Morgan fingerprint density at radius 2 is 1.58 bits per heavy atom. The van der Waals surface area contributed by atoms with Gasteiger partial charge in [-0.05, 0) is 55.9 Å². The fourth-order valence-corrected chi connectivity index (χ4v) is 5.61. The van der Waals surface area contributed by atoms with Crippen LogP contribution in [0.2, 0.25) is 5.02 Å². The number of carbonyl (C=O) groups is 1. The smallest absolute Gasteiger partial charge is 0.319 e. The second-order valence-corrected chi connectivity index (χ2v) is 11.1. The van der Waals surface area contributed by atoms with Crippen LogP contribution in [0.3, 0.4) is 0 Å². The van der Waals surface area contributed by atoms with Crippen molar-refractivity contribution < 1.29 is 13.2 Å². The maximum atomic E-state index is 12.5. The lowest BCUT2D eigenvalue weighted by Crippen LogP contribution is -2.44. The zero-order valence-corrected chi connectivity index (χ0v) is 21.2. The molecule has 1 saturated carbocycles. The molecule has 11 heteroatoms. The number of benzene rings is 2. The Kier molecular flexibility index (Phi) is 7.65. The first kappa shape index (κ1) is 25.7. The van der Waals surface area contributed by atoms with Gasteiger partial charge in [0.2, 0.25) is 10.0 Å². The molecule has 1 fully saturated rings. The molecule has 0 aromatic heterocycles. The van der Waals surface area contributed by atoms with E-state index in [0.717, 1.165) is 5.56 Å². The Balaban J connectivity index is 1.29. The first-order chi connectivity index (χ1) is 17.1. The summed E-state index contributed by atoms with van der Waals surface area (Å²) in [6, 6.07) is 13.3. The van der Waals surface area contributed by atoms with Crippen LogP contribution in [0.5, 0.6) is 0 Å². The fraction of sp³-hybridized carbons (Fsp3) is 0.320. The number of urea groups is 1. The molecule has 3 aromatic rings. The highest BCUT2D eigenvalue weighted by Crippen LogP contribution is 2.26. The number of hydrogen-bond donors (Lipinski definition) is 4. The number of anilines is 3. The van der Waals surface area contributed by atoms with Crippen molar-refractivity contribution in [3.63, 3.8) is 0 Å². The largest absolute Gasteiger partial charge is 0.377 e. The highest BCUT2D eigenvalue weighted by molar-refractivity contribution is 7.91. The lowest BCUT2D eigenvalue weighted by atomic mass is 9.91. The molecule has 3 aromatic carbocycles. The summed E-state index contributed by atoms with van der Waals surface area (Å²) < 4.78 is 27.3. The summed E-state index contributed by atoms with van der Waals surface area (Å²) in [5.41, 5.74) is 0.289. The Morgan fingerprint density at radius 3 is 2.25 bits per heavy atom. The normalized spacial score (nSPS) is 17.9. The van der Waals surface area contributed by atoms with Gasteiger partial charge < -0.3 is 16.0 Å². The third-order valence-corrected chi connectivity index (χ3v) is 7.84. The Morgan fingerprint density at radius 1 is 0.944 bits per heavy atom. The lowest BCUT2D eigenvalue weighted by molar-refractivity contribution is 0.243. The maximum Gasteiger partial charge on any atom is 0.319 e. The number of carbonyl (C=O) groups excluding carboxylic acids is 1. The molecule has 0 spiro atoms. The fourth-order valence-electron chi connectivity index (χ4n) is 4.22. The summed E-state index contributed by atoms with van der Waals surface area (Å²) >= 11 is 6.10. The van der Waals surface area contributed by atoms with Gasteiger partial charge in [0.05, 0.1) is 5.75 Å². The molecule has 2 amide bonds. The average molecular weight is 531 g/mol. The standard InChI is InChI=1S/C25H27ClN4O5S/c1-15-7-8-19(13-20(15)26)29-25(33)28-18-11-9-17(10-12-18)27-21-22(24(32)23(21)31)30-36(34,35)14-16-5-3-2-4-6-16/h2-8,13,17-18,27,30H,9-12,14H2,1H3,(H2,28,29,33). The molecule has 0 atom stereocenters. The first-order valence-corrected chi connectivity index (χ1v) is 13.6. The zero-order valence-electron chi connectivity index (χ0n) is 19.6. The number of nitrogens with one attached hydrogen (secondary N) is 4. The topological polar surface area (TPSA) is 133 Å². The van der Waals surface area contributed by atoms with Crippen LogP contribution in [-0.2, 0) is 15.8 Å². The van der Waals surface area contributed by atoms with Crippen molar-refractivity contribution in [1.82, 2.24) is 5.32 Å². The average Bonchev–Trinajstić information content (AvgIpc) is 2.84. The van der Waals surface area contributed by atoms with E-state index in [1.807, 2.05) is 13.0 Å². The minimum atomic E-state index is -3.86. The van der Waals surface area contributed by atoms with Crippen molar-refractivity contribution in [3.8, 4) is 0 Å². The van der Waals surface area contributed by atoms with E-state index in [1.165, 1.54) is 0 Å². The highest BCUT2D eigenvalue weighted by Gasteiger charge is 2.29. The van der Waals surface area contributed by atoms with Crippen LogP contribution in [-0.4, -0.2) is 26.5 Å². The zero-order chi connectivity index (χ0) is 25.9. The highest BCUT2D eigenvalue weighted by atomic mass is 35.5. The van der Waals surface area contributed by atoms with Crippen LogP contribution in [0.25, 0.3) is 0 Å². The predicted molar refractivity (Wildman–Crippen MR) is 142 cm³/mol. The lowest BCUT2D eigenvalue weighted by Gasteiger charge is -2.31.